The van der Waals surface area contributed by atoms with Gasteiger partial charge in [0.2, 0.25) is 11.8 Å². The second-order valence-corrected chi connectivity index (χ2v) is 5.60. The summed E-state index contributed by atoms with van der Waals surface area (Å²) in [6, 6.07) is 9.43. The van der Waals surface area contributed by atoms with E-state index in [-0.39, 0.29) is 0 Å². The van der Waals surface area contributed by atoms with Crippen molar-refractivity contribution < 1.29 is 9.47 Å². The molecule has 0 radical (unpaired) electrons. The fourth-order valence-corrected chi connectivity index (χ4v) is 1.75. The van der Waals surface area contributed by atoms with E-state index in [1.807, 2.05) is 18.2 Å². The number of rotatable bonds is 5. The maximum atomic E-state index is 5.87. The molecule has 4 nitrogen and oxygen atoms in total. The maximum absolute atomic E-state index is 5.87. The van der Waals surface area contributed by atoms with E-state index in [0.29, 0.717) is 30.0 Å². The Morgan fingerprint density at radius 1 is 1.10 bits per heavy atom. The van der Waals surface area contributed by atoms with Crippen molar-refractivity contribution in [1.82, 2.24) is 4.98 Å². The fraction of sp³-hybridized carbons (Fsp3) is 0.353. The Kier molecular flexibility index (Phi) is 4.68. The quantitative estimate of drug-likeness (QED) is 0.898. The van der Waals surface area contributed by atoms with Crippen LogP contribution in [0.2, 0.25) is 0 Å². The molecule has 2 rings (SSSR count). The highest BCUT2D eigenvalue weighted by atomic mass is 16.5. The van der Waals surface area contributed by atoms with Crippen LogP contribution in [0.25, 0.3) is 0 Å². The van der Waals surface area contributed by atoms with E-state index in [0.717, 1.165) is 5.75 Å². The largest absolute Gasteiger partial charge is 0.476 e. The van der Waals surface area contributed by atoms with Gasteiger partial charge in [0.05, 0.1) is 12.3 Å². The van der Waals surface area contributed by atoms with Crippen molar-refractivity contribution in [3.63, 3.8) is 0 Å². The molecule has 2 aromatic rings. The van der Waals surface area contributed by atoms with Crippen LogP contribution in [0, 0.1) is 19.8 Å². The fourth-order valence-electron chi connectivity index (χ4n) is 1.75. The summed E-state index contributed by atoms with van der Waals surface area (Å²) < 4.78 is 11.4. The molecule has 0 aliphatic rings. The normalized spacial score (nSPS) is 10.7. The summed E-state index contributed by atoms with van der Waals surface area (Å²) in [5, 5.41) is 0. The van der Waals surface area contributed by atoms with Crippen LogP contribution in [-0.2, 0) is 0 Å². The second kappa shape index (κ2) is 6.48. The lowest BCUT2D eigenvalue weighted by Crippen LogP contribution is -2.07. The van der Waals surface area contributed by atoms with Crippen molar-refractivity contribution in [1.29, 1.82) is 0 Å². The molecule has 0 saturated carbocycles. The highest BCUT2D eigenvalue weighted by Gasteiger charge is 2.08. The lowest BCUT2D eigenvalue weighted by atomic mass is 10.1. The predicted molar refractivity (Wildman–Crippen MR) is 85.0 cm³/mol. The molecule has 0 atom stereocenters. The minimum atomic E-state index is 0.413. The van der Waals surface area contributed by atoms with E-state index >= 15 is 0 Å². The third-order valence-electron chi connectivity index (χ3n) is 3.12. The number of nitrogens with zero attached hydrogens (tertiary/aromatic N) is 1. The predicted octanol–water partition coefficient (Wildman–Crippen LogP) is 4.11. The Morgan fingerprint density at radius 3 is 2.52 bits per heavy atom. The second-order valence-electron chi connectivity index (χ2n) is 5.60. The number of benzene rings is 1. The summed E-state index contributed by atoms with van der Waals surface area (Å²) in [5.41, 5.74) is 8.80. The first kappa shape index (κ1) is 15.2. The van der Waals surface area contributed by atoms with E-state index in [9.17, 15) is 0 Å². The van der Waals surface area contributed by atoms with Gasteiger partial charge in [-0.15, -0.1) is 0 Å². The van der Waals surface area contributed by atoms with Crippen LogP contribution in [-0.4, -0.2) is 11.6 Å². The number of aromatic nitrogens is 1. The number of nitrogen functional groups attached to an aromatic ring is 1. The minimum absolute atomic E-state index is 0.413. The Bertz CT molecular complexity index is 624. The topological polar surface area (TPSA) is 57.4 Å². The van der Waals surface area contributed by atoms with Crippen molar-refractivity contribution >= 4 is 5.69 Å². The number of hydrogen-bond donors (Lipinski definition) is 1. The smallest absolute Gasteiger partial charge is 0.240 e. The molecule has 0 unspecified atom stereocenters. The van der Waals surface area contributed by atoms with Gasteiger partial charge in [-0.25, -0.2) is 0 Å². The first-order valence-electron chi connectivity index (χ1n) is 7.10. The standard InChI is InChI=1S/C17H22N2O2/c1-11(2)10-20-17-15(18)7-8-16(19-17)21-14-6-5-12(3)13(4)9-14/h5-9,11H,10,18H2,1-4H3. The highest BCUT2D eigenvalue weighted by molar-refractivity contribution is 5.50. The Morgan fingerprint density at radius 2 is 1.86 bits per heavy atom. The van der Waals surface area contributed by atoms with Crippen molar-refractivity contribution in [2.75, 3.05) is 12.3 Å². The van der Waals surface area contributed by atoms with Crippen LogP contribution in [0.4, 0.5) is 5.69 Å². The van der Waals surface area contributed by atoms with E-state index in [2.05, 4.69) is 32.7 Å². The summed E-state index contributed by atoms with van der Waals surface area (Å²) in [7, 11) is 0. The van der Waals surface area contributed by atoms with Crippen molar-refractivity contribution in [3.05, 3.63) is 41.5 Å². The van der Waals surface area contributed by atoms with Gasteiger partial charge in [-0.1, -0.05) is 19.9 Å². The van der Waals surface area contributed by atoms with E-state index < -0.39 is 0 Å². The van der Waals surface area contributed by atoms with Gasteiger partial charge in [-0.2, -0.15) is 4.98 Å². The Hall–Kier alpha value is -2.23. The van der Waals surface area contributed by atoms with E-state index in [1.54, 1.807) is 12.1 Å². The van der Waals surface area contributed by atoms with Gasteiger partial charge in [0.1, 0.15) is 5.75 Å². The average molecular weight is 286 g/mol. The lowest BCUT2D eigenvalue weighted by Gasteiger charge is -2.12. The van der Waals surface area contributed by atoms with Gasteiger partial charge < -0.3 is 15.2 Å². The molecular weight excluding hydrogens is 264 g/mol. The van der Waals surface area contributed by atoms with Gasteiger partial charge in [-0.05, 0) is 49.1 Å². The molecule has 0 saturated heterocycles. The molecule has 0 aliphatic carbocycles. The maximum Gasteiger partial charge on any atom is 0.240 e. The summed E-state index contributed by atoms with van der Waals surface area (Å²) in [4.78, 5) is 4.32. The van der Waals surface area contributed by atoms with Crippen molar-refractivity contribution in [2.45, 2.75) is 27.7 Å². The molecule has 0 bridgehead atoms. The number of nitrogens with two attached hydrogens (primary N) is 1. The third kappa shape index (κ3) is 4.12. The van der Waals surface area contributed by atoms with Crippen LogP contribution in [0.1, 0.15) is 25.0 Å². The molecule has 21 heavy (non-hydrogen) atoms. The van der Waals surface area contributed by atoms with Crippen LogP contribution in [0.15, 0.2) is 30.3 Å². The molecule has 4 heteroatoms. The summed E-state index contributed by atoms with van der Waals surface area (Å²) in [5.74, 6) is 2.07. The molecule has 0 amide bonds. The molecule has 1 aromatic heterocycles. The molecule has 0 spiro atoms. The summed E-state index contributed by atoms with van der Waals surface area (Å²) >= 11 is 0. The number of anilines is 1. The zero-order valence-electron chi connectivity index (χ0n) is 13.0. The van der Waals surface area contributed by atoms with Crippen LogP contribution < -0.4 is 15.2 Å². The third-order valence-corrected chi connectivity index (χ3v) is 3.12. The van der Waals surface area contributed by atoms with Gasteiger partial charge in [-0.3, -0.25) is 0 Å². The van der Waals surface area contributed by atoms with Gasteiger partial charge in [0, 0.05) is 6.07 Å². The van der Waals surface area contributed by atoms with Crippen molar-refractivity contribution in [2.24, 2.45) is 5.92 Å². The van der Waals surface area contributed by atoms with Crippen molar-refractivity contribution in [3.8, 4) is 17.5 Å². The number of pyridine rings is 1. The zero-order chi connectivity index (χ0) is 15.4. The number of hydrogen-bond acceptors (Lipinski definition) is 4. The average Bonchev–Trinajstić information content (AvgIpc) is 2.43. The van der Waals surface area contributed by atoms with E-state index in [4.69, 9.17) is 15.2 Å². The minimum Gasteiger partial charge on any atom is -0.476 e. The first-order valence-corrected chi connectivity index (χ1v) is 7.10. The molecule has 0 aliphatic heterocycles. The highest BCUT2D eigenvalue weighted by Crippen LogP contribution is 2.27. The first-order chi connectivity index (χ1) is 9.95. The van der Waals surface area contributed by atoms with Crippen LogP contribution in [0.5, 0.6) is 17.5 Å². The monoisotopic (exact) mass is 286 g/mol. The van der Waals surface area contributed by atoms with Gasteiger partial charge >= 0.3 is 0 Å². The van der Waals surface area contributed by atoms with Gasteiger partial charge in [0.25, 0.3) is 0 Å². The Balaban J connectivity index is 2.16. The van der Waals surface area contributed by atoms with Crippen LogP contribution >= 0.6 is 0 Å². The molecular formula is C17H22N2O2. The lowest BCUT2D eigenvalue weighted by molar-refractivity contribution is 0.260. The van der Waals surface area contributed by atoms with Gasteiger partial charge in [0.15, 0.2) is 0 Å². The van der Waals surface area contributed by atoms with Crippen LogP contribution in [0.3, 0.4) is 0 Å². The molecule has 1 heterocycles. The molecule has 112 valence electrons. The molecule has 0 fully saturated rings. The Labute approximate surface area is 125 Å². The zero-order valence-corrected chi connectivity index (χ0v) is 13.0. The number of ether oxygens (including phenoxy) is 2. The summed E-state index contributed by atoms with van der Waals surface area (Å²) in [6.45, 7) is 8.84. The van der Waals surface area contributed by atoms with E-state index in [1.165, 1.54) is 11.1 Å². The summed E-state index contributed by atoms with van der Waals surface area (Å²) in [6.07, 6.45) is 0. The number of aryl methyl sites for hydroxylation is 2. The SMILES string of the molecule is Cc1ccc(Oc2ccc(N)c(OCC(C)C)n2)cc1C. The molecule has 2 N–H and O–H groups in total. The molecule has 1 aromatic carbocycles.